The van der Waals surface area contributed by atoms with E-state index in [1.807, 2.05) is 0 Å². The van der Waals surface area contributed by atoms with Crippen LogP contribution in [0.15, 0.2) is 4.99 Å². The van der Waals surface area contributed by atoms with Gasteiger partial charge in [-0.25, -0.2) is 0 Å². The molecule has 1 amide bonds. The molecule has 1 N–H and O–H groups in total. The molecule has 3 unspecified atom stereocenters. The summed E-state index contributed by atoms with van der Waals surface area (Å²) in [5.74, 6) is 0.554. The molecule has 1 heterocycles. The first-order valence-corrected chi connectivity index (χ1v) is 11.1. The fraction of sp³-hybridized carbons (Fsp3) is 0.818. The predicted octanol–water partition coefficient (Wildman–Crippen LogP) is 3.06. The van der Waals surface area contributed by atoms with Crippen molar-refractivity contribution in [1.82, 2.24) is 5.32 Å². The Hall–Kier alpha value is -1.92. The van der Waals surface area contributed by atoms with E-state index in [0.717, 1.165) is 57.4 Å². The van der Waals surface area contributed by atoms with Crippen LogP contribution in [0, 0.1) is 17.8 Å². The summed E-state index contributed by atoms with van der Waals surface area (Å²) in [6, 6.07) is 0. The number of ether oxygens (including phenoxy) is 2. The summed E-state index contributed by atoms with van der Waals surface area (Å²) in [5.41, 5.74) is 0. The van der Waals surface area contributed by atoms with Gasteiger partial charge in [0.1, 0.15) is 19.0 Å². The van der Waals surface area contributed by atoms with E-state index < -0.39 is 0 Å². The number of nitrogens with zero attached hydrogens (tertiary/aromatic N) is 1. The highest BCUT2D eigenvalue weighted by molar-refractivity contribution is 5.85. The standard InChI is InChI=1S/C22H36N2O5/c1-16(6-5-9-21-24-13-14-28-21)10-11-20(26)23-12-15-29-22(27)19-8-4-3-7-18(19)17(2)25/h16,18-19H,3-15H2,1-2H3,(H,23,26). The van der Waals surface area contributed by atoms with Gasteiger partial charge in [-0.2, -0.15) is 0 Å². The Labute approximate surface area is 174 Å². The maximum Gasteiger partial charge on any atom is 0.309 e. The molecule has 0 aromatic carbocycles. The second-order valence-corrected chi connectivity index (χ2v) is 8.29. The molecule has 3 atom stereocenters. The SMILES string of the molecule is CC(=O)C1CCCCC1C(=O)OCCNC(=O)CCC(C)CCCC1=NCCO1. The lowest BCUT2D eigenvalue weighted by Crippen LogP contribution is -2.34. The second-order valence-electron chi connectivity index (χ2n) is 8.29. The zero-order valence-corrected chi connectivity index (χ0v) is 17.9. The second kappa shape index (κ2) is 12.6. The van der Waals surface area contributed by atoms with Crippen LogP contribution in [0.3, 0.4) is 0 Å². The van der Waals surface area contributed by atoms with Crippen molar-refractivity contribution in [2.24, 2.45) is 22.7 Å². The summed E-state index contributed by atoms with van der Waals surface area (Å²) < 4.78 is 10.7. The molecule has 0 radical (unpaired) electrons. The zero-order valence-electron chi connectivity index (χ0n) is 17.9. The molecule has 2 aliphatic rings. The molecule has 0 saturated heterocycles. The zero-order chi connectivity index (χ0) is 21.1. The van der Waals surface area contributed by atoms with E-state index in [0.29, 0.717) is 31.9 Å². The van der Waals surface area contributed by atoms with Crippen molar-refractivity contribution in [1.29, 1.82) is 0 Å². The number of esters is 1. The minimum atomic E-state index is -0.321. The number of nitrogens with one attached hydrogen (secondary N) is 1. The molecule has 0 spiro atoms. The van der Waals surface area contributed by atoms with Crippen molar-refractivity contribution >= 4 is 23.6 Å². The Morgan fingerprint density at radius 3 is 2.66 bits per heavy atom. The first-order chi connectivity index (χ1) is 14.0. The smallest absolute Gasteiger partial charge is 0.309 e. The minimum absolute atomic E-state index is 0.0179. The van der Waals surface area contributed by atoms with Gasteiger partial charge in [-0.3, -0.25) is 19.4 Å². The summed E-state index contributed by atoms with van der Waals surface area (Å²) in [6.07, 6.45) is 7.70. The Morgan fingerprint density at radius 2 is 1.97 bits per heavy atom. The highest BCUT2D eigenvalue weighted by atomic mass is 16.5. The largest absolute Gasteiger partial charge is 0.479 e. The van der Waals surface area contributed by atoms with Gasteiger partial charge in [-0.15, -0.1) is 0 Å². The first kappa shape index (κ1) is 23.4. The molecule has 1 aliphatic carbocycles. The molecular weight excluding hydrogens is 372 g/mol. The van der Waals surface area contributed by atoms with Crippen molar-refractivity contribution in [3.63, 3.8) is 0 Å². The van der Waals surface area contributed by atoms with E-state index in [9.17, 15) is 14.4 Å². The van der Waals surface area contributed by atoms with E-state index in [4.69, 9.17) is 9.47 Å². The number of carbonyl (C=O) groups excluding carboxylic acids is 3. The molecule has 0 aromatic heterocycles. The quantitative estimate of drug-likeness (QED) is 0.396. The van der Waals surface area contributed by atoms with Crippen LogP contribution in [0.5, 0.6) is 0 Å². The third kappa shape index (κ3) is 8.54. The number of hydrogen-bond acceptors (Lipinski definition) is 6. The summed E-state index contributed by atoms with van der Waals surface area (Å²) in [4.78, 5) is 40.2. The number of ketones is 1. The summed E-state index contributed by atoms with van der Waals surface area (Å²) in [5, 5.41) is 2.81. The van der Waals surface area contributed by atoms with Crippen LogP contribution in [0.2, 0.25) is 0 Å². The topological polar surface area (TPSA) is 94.1 Å². The Balaban J connectivity index is 1.52. The van der Waals surface area contributed by atoms with Crippen LogP contribution in [0.4, 0.5) is 0 Å². The van der Waals surface area contributed by atoms with Crippen molar-refractivity contribution in [3.05, 3.63) is 0 Å². The predicted molar refractivity (Wildman–Crippen MR) is 111 cm³/mol. The number of aliphatic imine (C=N–C) groups is 1. The molecule has 1 fully saturated rings. The first-order valence-electron chi connectivity index (χ1n) is 11.1. The molecule has 29 heavy (non-hydrogen) atoms. The Bertz CT molecular complexity index is 590. The van der Waals surface area contributed by atoms with E-state index in [1.54, 1.807) is 6.92 Å². The maximum absolute atomic E-state index is 12.3. The highest BCUT2D eigenvalue weighted by Crippen LogP contribution is 2.31. The van der Waals surface area contributed by atoms with Gasteiger partial charge >= 0.3 is 5.97 Å². The van der Waals surface area contributed by atoms with Crippen LogP contribution in [-0.4, -0.2) is 49.9 Å². The molecule has 1 aliphatic heterocycles. The van der Waals surface area contributed by atoms with Crippen LogP contribution in [0.25, 0.3) is 0 Å². The van der Waals surface area contributed by atoms with Gasteiger partial charge < -0.3 is 14.8 Å². The van der Waals surface area contributed by atoms with E-state index in [1.165, 1.54) is 0 Å². The Kier molecular flexibility index (Phi) is 10.2. The minimum Gasteiger partial charge on any atom is -0.479 e. The van der Waals surface area contributed by atoms with Gasteiger partial charge in [0.05, 0.1) is 19.0 Å². The molecule has 7 nitrogen and oxygen atoms in total. The molecule has 164 valence electrons. The number of carbonyl (C=O) groups is 3. The average Bonchev–Trinajstić information content (AvgIpc) is 3.23. The molecule has 7 heteroatoms. The van der Waals surface area contributed by atoms with E-state index >= 15 is 0 Å². The summed E-state index contributed by atoms with van der Waals surface area (Å²) >= 11 is 0. The third-order valence-electron chi connectivity index (χ3n) is 5.86. The molecule has 0 bridgehead atoms. The van der Waals surface area contributed by atoms with E-state index in [2.05, 4.69) is 17.2 Å². The molecule has 0 aromatic rings. The lowest BCUT2D eigenvalue weighted by molar-refractivity contribution is -0.154. The lowest BCUT2D eigenvalue weighted by Gasteiger charge is -2.27. The fourth-order valence-electron chi connectivity index (χ4n) is 4.09. The molecule has 1 saturated carbocycles. The Morgan fingerprint density at radius 1 is 1.21 bits per heavy atom. The monoisotopic (exact) mass is 408 g/mol. The number of Topliss-reactive ketones (excluding diaryl/α,β-unsaturated/α-hetero) is 1. The number of amides is 1. The number of hydrogen-bond donors (Lipinski definition) is 1. The van der Waals surface area contributed by atoms with Crippen LogP contribution in [-0.2, 0) is 23.9 Å². The van der Waals surface area contributed by atoms with E-state index in [-0.39, 0.29) is 36.1 Å². The normalized spacial score (nSPS) is 22.3. The average molecular weight is 409 g/mol. The van der Waals surface area contributed by atoms with Crippen LogP contribution in [0.1, 0.15) is 71.6 Å². The van der Waals surface area contributed by atoms with Gasteiger partial charge in [-0.05, 0) is 38.5 Å². The fourth-order valence-corrected chi connectivity index (χ4v) is 4.09. The van der Waals surface area contributed by atoms with Gasteiger partial charge in [-0.1, -0.05) is 26.2 Å². The maximum atomic E-state index is 12.3. The van der Waals surface area contributed by atoms with Gasteiger partial charge in [0, 0.05) is 18.8 Å². The van der Waals surface area contributed by atoms with Gasteiger partial charge in [0.25, 0.3) is 0 Å². The molecular formula is C22H36N2O5. The van der Waals surface area contributed by atoms with Gasteiger partial charge in [0.15, 0.2) is 5.90 Å². The van der Waals surface area contributed by atoms with Crippen molar-refractivity contribution in [2.45, 2.75) is 71.6 Å². The highest BCUT2D eigenvalue weighted by Gasteiger charge is 2.34. The van der Waals surface area contributed by atoms with Crippen molar-refractivity contribution < 1.29 is 23.9 Å². The van der Waals surface area contributed by atoms with Crippen LogP contribution < -0.4 is 5.32 Å². The van der Waals surface area contributed by atoms with Crippen molar-refractivity contribution in [2.75, 3.05) is 26.3 Å². The summed E-state index contributed by atoms with van der Waals surface area (Å²) in [6.45, 7) is 5.66. The van der Waals surface area contributed by atoms with Crippen LogP contribution >= 0.6 is 0 Å². The summed E-state index contributed by atoms with van der Waals surface area (Å²) in [7, 11) is 0. The number of rotatable bonds is 12. The molecule has 2 rings (SSSR count). The third-order valence-corrected chi connectivity index (χ3v) is 5.86. The lowest BCUT2D eigenvalue weighted by atomic mass is 9.77. The van der Waals surface area contributed by atoms with Crippen molar-refractivity contribution in [3.8, 4) is 0 Å². The van der Waals surface area contributed by atoms with Gasteiger partial charge in [0.2, 0.25) is 5.91 Å².